The highest BCUT2D eigenvalue weighted by molar-refractivity contribution is 6.20. The fraction of sp³-hybridized carbons (Fsp3) is 0.538. The molecule has 0 aromatic heterocycles. The summed E-state index contributed by atoms with van der Waals surface area (Å²) in [5.41, 5.74) is 1.23. The predicted octanol–water partition coefficient (Wildman–Crippen LogP) is 3.82. The Hall–Kier alpha value is -0.890. The van der Waals surface area contributed by atoms with Gasteiger partial charge in [0.1, 0.15) is 0 Å². The monoisotopic (exact) mass is 242 g/mol. The summed E-state index contributed by atoms with van der Waals surface area (Å²) in [7, 11) is 3.29. The maximum Gasteiger partial charge on any atom is 0.160 e. The lowest BCUT2D eigenvalue weighted by Gasteiger charge is -2.15. The number of alkyl halides is 1. The first kappa shape index (κ1) is 13.2. The van der Waals surface area contributed by atoms with E-state index in [2.05, 4.69) is 13.0 Å². The molecule has 2 unspecified atom stereocenters. The molecule has 2 nitrogen and oxygen atoms in total. The summed E-state index contributed by atoms with van der Waals surface area (Å²) >= 11 is 6.00. The van der Waals surface area contributed by atoms with Crippen LogP contribution in [-0.4, -0.2) is 19.6 Å². The van der Waals surface area contributed by atoms with E-state index in [-0.39, 0.29) is 5.38 Å². The van der Waals surface area contributed by atoms with E-state index in [0.717, 1.165) is 17.9 Å². The first-order valence-corrected chi connectivity index (χ1v) is 5.88. The molecule has 0 amide bonds. The first-order valence-electron chi connectivity index (χ1n) is 5.44. The third kappa shape index (κ3) is 3.31. The van der Waals surface area contributed by atoms with E-state index in [1.807, 2.05) is 19.1 Å². The Kier molecular flexibility index (Phi) is 4.94. The van der Waals surface area contributed by atoms with Crippen LogP contribution in [0.4, 0.5) is 0 Å². The number of benzene rings is 1. The Balaban J connectivity index is 2.89. The maximum absolute atomic E-state index is 6.00. The van der Waals surface area contributed by atoms with Crippen molar-refractivity contribution in [2.45, 2.75) is 31.6 Å². The van der Waals surface area contributed by atoms with Crippen LogP contribution in [0.3, 0.4) is 0 Å². The summed E-state index contributed by atoms with van der Waals surface area (Å²) < 4.78 is 10.5. The van der Waals surface area contributed by atoms with Gasteiger partial charge < -0.3 is 9.47 Å². The lowest BCUT2D eigenvalue weighted by molar-refractivity contribution is 0.354. The fourth-order valence-corrected chi connectivity index (χ4v) is 2.05. The summed E-state index contributed by atoms with van der Waals surface area (Å²) in [6, 6.07) is 6.01. The van der Waals surface area contributed by atoms with Crippen LogP contribution in [0.2, 0.25) is 0 Å². The molecule has 3 heteroatoms. The summed E-state index contributed by atoms with van der Waals surface area (Å²) in [5, 5.41) is 0.183. The second-order valence-corrected chi connectivity index (χ2v) is 4.78. The smallest absolute Gasteiger partial charge is 0.160 e. The van der Waals surface area contributed by atoms with Crippen LogP contribution in [0, 0.1) is 0 Å². The van der Waals surface area contributed by atoms with Crippen molar-refractivity contribution < 1.29 is 9.47 Å². The minimum absolute atomic E-state index is 0.183. The standard InChI is InChI=1S/C13H19ClO2/c1-9(7-10(2)14)11-5-6-12(15-3)13(8-11)16-4/h5-6,8-10H,7H2,1-4H3. The average molecular weight is 243 g/mol. The molecule has 0 saturated heterocycles. The normalized spacial score (nSPS) is 14.3. The molecule has 0 N–H and O–H groups in total. The SMILES string of the molecule is COc1ccc(C(C)CC(C)Cl)cc1OC. The summed E-state index contributed by atoms with van der Waals surface area (Å²) in [6.45, 7) is 4.18. The van der Waals surface area contributed by atoms with E-state index in [1.54, 1.807) is 14.2 Å². The van der Waals surface area contributed by atoms with Gasteiger partial charge in [-0.15, -0.1) is 11.6 Å². The van der Waals surface area contributed by atoms with Gasteiger partial charge in [0.15, 0.2) is 11.5 Å². The van der Waals surface area contributed by atoms with E-state index >= 15 is 0 Å². The number of ether oxygens (including phenoxy) is 2. The van der Waals surface area contributed by atoms with Crippen molar-refractivity contribution in [2.24, 2.45) is 0 Å². The third-order valence-corrected chi connectivity index (χ3v) is 2.83. The highest BCUT2D eigenvalue weighted by atomic mass is 35.5. The van der Waals surface area contributed by atoms with E-state index < -0.39 is 0 Å². The van der Waals surface area contributed by atoms with E-state index in [0.29, 0.717) is 5.92 Å². The minimum atomic E-state index is 0.183. The van der Waals surface area contributed by atoms with Gasteiger partial charge in [-0.1, -0.05) is 13.0 Å². The largest absolute Gasteiger partial charge is 0.493 e. The molecule has 0 fully saturated rings. The average Bonchev–Trinajstić information content (AvgIpc) is 2.27. The zero-order chi connectivity index (χ0) is 12.1. The van der Waals surface area contributed by atoms with Crippen LogP contribution in [-0.2, 0) is 0 Å². The first-order chi connectivity index (χ1) is 7.58. The van der Waals surface area contributed by atoms with Crippen LogP contribution in [0.5, 0.6) is 11.5 Å². The Labute approximate surface area is 103 Å². The van der Waals surface area contributed by atoms with Crippen molar-refractivity contribution in [1.29, 1.82) is 0 Å². The van der Waals surface area contributed by atoms with Gasteiger partial charge in [0, 0.05) is 5.38 Å². The molecule has 0 radical (unpaired) electrons. The molecular formula is C13H19ClO2. The molecule has 0 spiro atoms. The van der Waals surface area contributed by atoms with Crippen molar-refractivity contribution in [2.75, 3.05) is 14.2 Å². The second kappa shape index (κ2) is 6.00. The molecule has 16 heavy (non-hydrogen) atoms. The molecule has 0 saturated carbocycles. The highest BCUT2D eigenvalue weighted by Gasteiger charge is 2.12. The molecule has 0 aliphatic heterocycles. The van der Waals surface area contributed by atoms with Crippen LogP contribution in [0.15, 0.2) is 18.2 Å². The Bertz CT molecular complexity index is 337. The molecule has 0 bridgehead atoms. The van der Waals surface area contributed by atoms with Crippen molar-refractivity contribution in [1.82, 2.24) is 0 Å². The van der Waals surface area contributed by atoms with Crippen LogP contribution in [0.25, 0.3) is 0 Å². The minimum Gasteiger partial charge on any atom is -0.493 e. The lowest BCUT2D eigenvalue weighted by atomic mass is 9.96. The molecule has 90 valence electrons. The van der Waals surface area contributed by atoms with Crippen molar-refractivity contribution in [3.05, 3.63) is 23.8 Å². The van der Waals surface area contributed by atoms with Gasteiger partial charge in [-0.25, -0.2) is 0 Å². The molecule has 1 aromatic carbocycles. The number of methoxy groups -OCH3 is 2. The maximum atomic E-state index is 6.00. The molecule has 0 aliphatic rings. The van der Waals surface area contributed by atoms with Gasteiger partial charge in [0.05, 0.1) is 14.2 Å². The zero-order valence-corrected chi connectivity index (χ0v) is 11.0. The molecule has 0 aliphatic carbocycles. The van der Waals surface area contributed by atoms with Gasteiger partial charge in [0.25, 0.3) is 0 Å². The van der Waals surface area contributed by atoms with Crippen molar-refractivity contribution in [3.8, 4) is 11.5 Å². The van der Waals surface area contributed by atoms with Gasteiger partial charge in [-0.05, 0) is 37.0 Å². The highest BCUT2D eigenvalue weighted by Crippen LogP contribution is 2.32. The fourth-order valence-electron chi connectivity index (χ4n) is 1.78. The summed E-state index contributed by atoms with van der Waals surface area (Å²) in [4.78, 5) is 0. The molecule has 1 rings (SSSR count). The topological polar surface area (TPSA) is 18.5 Å². The number of rotatable bonds is 5. The van der Waals surface area contributed by atoms with Crippen molar-refractivity contribution >= 4 is 11.6 Å². The van der Waals surface area contributed by atoms with Crippen LogP contribution >= 0.6 is 11.6 Å². The lowest BCUT2D eigenvalue weighted by Crippen LogP contribution is -2.01. The third-order valence-electron chi connectivity index (χ3n) is 2.65. The molecule has 1 aromatic rings. The van der Waals surface area contributed by atoms with Crippen LogP contribution < -0.4 is 9.47 Å². The van der Waals surface area contributed by atoms with Gasteiger partial charge in [-0.2, -0.15) is 0 Å². The zero-order valence-electron chi connectivity index (χ0n) is 10.3. The predicted molar refractivity (Wildman–Crippen MR) is 67.9 cm³/mol. The van der Waals surface area contributed by atoms with Gasteiger partial charge in [-0.3, -0.25) is 0 Å². The second-order valence-electron chi connectivity index (χ2n) is 4.03. The van der Waals surface area contributed by atoms with E-state index in [4.69, 9.17) is 21.1 Å². The molecule has 2 atom stereocenters. The Morgan fingerprint density at radius 3 is 2.25 bits per heavy atom. The van der Waals surface area contributed by atoms with E-state index in [9.17, 15) is 0 Å². The molecular weight excluding hydrogens is 224 g/mol. The van der Waals surface area contributed by atoms with Crippen LogP contribution in [0.1, 0.15) is 31.7 Å². The van der Waals surface area contributed by atoms with Gasteiger partial charge >= 0.3 is 0 Å². The quantitative estimate of drug-likeness (QED) is 0.731. The van der Waals surface area contributed by atoms with Crippen molar-refractivity contribution in [3.63, 3.8) is 0 Å². The van der Waals surface area contributed by atoms with Gasteiger partial charge in [0.2, 0.25) is 0 Å². The Morgan fingerprint density at radius 1 is 1.12 bits per heavy atom. The number of hydrogen-bond donors (Lipinski definition) is 0. The molecule has 0 heterocycles. The number of hydrogen-bond acceptors (Lipinski definition) is 2. The van der Waals surface area contributed by atoms with E-state index in [1.165, 1.54) is 5.56 Å². The summed E-state index contributed by atoms with van der Waals surface area (Å²) in [6.07, 6.45) is 0.955. The number of halogens is 1. The summed E-state index contributed by atoms with van der Waals surface area (Å²) in [5.74, 6) is 1.96. The Morgan fingerprint density at radius 2 is 1.75 bits per heavy atom.